The molecule has 14 heavy (non-hydrogen) atoms. The lowest BCUT2D eigenvalue weighted by molar-refractivity contribution is 0.474. The summed E-state index contributed by atoms with van der Waals surface area (Å²) in [5.41, 5.74) is 3.79. The first-order chi connectivity index (χ1) is 6.40. The lowest BCUT2D eigenvalue weighted by atomic mass is 10.2. The highest BCUT2D eigenvalue weighted by molar-refractivity contribution is 6.83. The predicted molar refractivity (Wildman–Crippen MR) is 63.3 cm³/mol. The Morgan fingerprint density at radius 2 is 1.93 bits per heavy atom. The second kappa shape index (κ2) is 4.08. The van der Waals surface area contributed by atoms with E-state index in [1.54, 1.807) is 18.2 Å². The van der Waals surface area contributed by atoms with Crippen molar-refractivity contribution < 1.29 is 5.11 Å². The average Bonchev–Trinajstić information content (AvgIpc) is 2.06. The van der Waals surface area contributed by atoms with Gasteiger partial charge in [-0.2, -0.15) is 0 Å². The maximum absolute atomic E-state index is 9.58. The van der Waals surface area contributed by atoms with Gasteiger partial charge in [0, 0.05) is 0 Å². The van der Waals surface area contributed by atoms with Crippen molar-refractivity contribution in [1.82, 2.24) is 0 Å². The molecule has 1 aromatic rings. The van der Waals surface area contributed by atoms with Crippen molar-refractivity contribution in [2.45, 2.75) is 19.6 Å². The predicted octanol–water partition coefficient (Wildman–Crippen LogP) is 3.27. The van der Waals surface area contributed by atoms with Gasteiger partial charge in [-0.05, 0) is 12.1 Å². The Kier molecular flexibility index (Phi) is 3.25. The summed E-state index contributed by atoms with van der Waals surface area (Å²) in [5, 5.41) is 9.93. The van der Waals surface area contributed by atoms with E-state index >= 15 is 0 Å². The van der Waals surface area contributed by atoms with Crippen molar-refractivity contribution in [3.8, 4) is 17.2 Å². The summed E-state index contributed by atoms with van der Waals surface area (Å²) in [6.45, 7) is 6.46. The van der Waals surface area contributed by atoms with Crippen molar-refractivity contribution in [3.05, 3.63) is 28.8 Å². The standard InChI is InChI=1S/C11H13ClOSi/c1-14(2,3)8-7-9-5-4-6-10(12)11(9)13/h4-6,13H,1-3H3. The van der Waals surface area contributed by atoms with Gasteiger partial charge < -0.3 is 5.11 Å². The summed E-state index contributed by atoms with van der Waals surface area (Å²) in [6, 6.07) is 5.21. The van der Waals surface area contributed by atoms with E-state index in [4.69, 9.17) is 11.6 Å². The van der Waals surface area contributed by atoms with Crippen LogP contribution < -0.4 is 0 Å². The summed E-state index contributed by atoms with van der Waals surface area (Å²) < 4.78 is 0. The third-order valence-corrected chi connectivity index (χ3v) is 2.74. The van der Waals surface area contributed by atoms with Gasteiger partial charge in [-0.25, -0.2) is 0 Å². The average molecular weight is 225 g/mol. The number of hydrogen-bond acceptors (Lipinski definition) is 1. The van der Waals surface area contributed by atoms with Crippen LogP contribution in [0.3, 0.4) is 0 Å². The summed E-state index contributed by atoms with van der Waals surface area (Å²) >= 11 is 5.76. The number of aromatic hydroxyl groups is 1. The van der Waals surface area contributed by atoms with E-state index in [-0.39, 0.29) is 5.75 Å². The van der Waals surface area contributed by atoms with Crippen LogP contribution in [0, 0.1) is 11.5 Å². The van der Waals surface area contributed by atoms with Gasteiger partial charge in [0.15, 0.2) is 0 Å². The van der Waals surface area contributed by atoms with E-state index in [1.165, 1.54) is 0 Å². The molecule has 1 rings (SSSR count). The highest BCUT2D eigenvalue weighted by Crippen LogP contribution is 2.26. The highest BCUT2D eigenvalue weighted by atomic mass is 35.5. The normalized spacial score (nSPS) is 10.6. The molecule has 1 N–H and O–H groups in total. The Morgan fingerprint density at radius 3 is 2.50 bits per heavy atom. The molecule has 0 atom stereocenters. The molecule has 0 bridgehead atoms. The van der Waals surface area contributed by atoms with Gasteiger partial charge >= 0.3 is 0 Å². The van der Waals surface area contributed by atoms with Crippen molar-refractivity contribution in [3.63, 3.8) is 0 Å². The molecule has 0 radical (unpaired) electrons. The van der Waals surface area contributed by atoms with Crippen molar-refractivity contribution in [2.24, 2.45) is 0 Å². The molecule has 0 heterocycles. The molecule has 0 unspecified atom stereocenters. The quantitative estimate of drug-likeness (QED) is 0.530. The second-order valence-corrected chi connectivity index (χ2v) is 9.29. The molecule has 0 spiro atoms. The van der Waals surface area contributed by atoms with Gasteiger partial charge in [-0.3, -0.25) is 0 Å². The summed E-state index contributed by atoms with van der Waals surface area (Å²) in [5.74, 6) is 3.05. The number of phenols is 1. The fraction of sp³-hybridized carbons (Fsp3) is 0.273. The van der Waals surface area contributed by atoms with Crippen LogP contribution in [0.5, 0.6) is 5.75 Å². The molecule has 0 saturated heterocycles. The number of benzene rings is 1. The SMILES string of the molecule is C[Si](C)(C)C#Cc1cccc(Cl)c1O. The Bertz CT molecular complexity index is 396. The van der Waals surface area contributed by atoms with Crippen LogP contribution in [0.15, 0.2) is 18.2 Å². The minimum absolute atomic E-state index is 0.0833. The number of phenolic OH excluding ortho intramolecular Hbond substituents is 1. The first kappa shape index (κ1) is 11.2. The third-order valence-electron chi connectivity index (χ3n) is 1.56. The zero-order chi connectivity index (χ0) is 10.8. The van der Waals surface area contributed by atoms with Crippen molar-refractivity contribution in [1.29, 1.82) is 0 Å². The molecular weight excluding hydrogens is 212 g/mol. The zero-order valence-corrected chi connectivity index (χ0v) is 10.3. The Hall–Kier alpha value is -0.913. The minimum Gasteiger partial charge on any atom is -0.505 e. The van der Waals surface area contributed by atoms with E-state index in [9.17, 15) is 5.11 Å². The molecular formula is C11H13ClOSi. The number of halogens is 1. The zero-order valence-electron chi connectivity index (χ0n) is 8.56. The van der Waals surface area contributed by atoms with Gasteiger partial charge in [0.05, 0.1) is 10.6 Å². The van der Waals surface area contributed by atoms with E-state index in [2.05, 4.69) is 31.1 Å². The van der Waals surface area contributed by atoms with Crippen LogP contribution in [0.2, 0.25) is 24.7 Å². The topological polar surface area (TPSA) is 20.2 Å². The van der Waals surface area contributed by atoms with Crippen molar-refractivity contribution in [2.75, 3.05) is 0 Å². The monoisotopic (exact) mass is 224 g/mol. The van der Waals surface area contributed by atoms with E-state index < -0.39 is 8.07 Å². The van der Waals surface area contributed by atoms with E-state index in [0.29, 0.717) is 10.6 Å². The largest absolute Gasteiger partial charge is 0.505 e. The molecule has 1 aromatic carbocycles. The summed E-state index contributed by atoms with van der Waals surface area (Å²) in [7, 11) is -1.40. The summed E-state index contributed by atoms with van der Waals surface area (Å²) in [4.78, 5) is 0. The van der Waals surface area contributed by atoms with Gasteiger partial charge in [0.2, 0.25) is 0 Å². The second-order valence-electron chi connectivity index (χ2n) is 4.14. The highest BCUT2D eigenvalue weighted by Gasteiger charge is 2.08. The Morgan fingerprint density at radius 1 is 1.29 bits per heavy atom. The molecule has 0 aliphatic heterocycles. The number of para-hydroxylation sites is 1. The van der Waals surface area contributed by atoms with Crippen LogP contribution in [0.1, 0.15) is 5.56 Å². The Balaban J connectivity index is 3.08. The van der Waals surface area contributed by atoms with Gasteiger partial charge in [0.25, 0.3) is 0 Å². The first-order valence-electron chi connectivity index (χ1n) is 4.41. The van der Waals surface area contributed by atoms with Crippen LogP contribution in [0.25, 0.3) is 0 Å². The molecule has 0 amide bonds. The third kappa shape index (κ3) is 3.10. The lowest BCUT2D eigenvalue weighted by Crippen LogP contribution is -2.16. The molecule has 1 nitrogen and oxygen atoms in total. The van der Waals surface area contributed by atoms with E-state index in [0.717, 1.165) is 0 Å². The molecule has 0 fully saturated rings. The van der Waals surface area contributed by atoms with Gasteiger partial charge in [0.1, 0.15) is 13.8 Å². The maximum atomic E-state index is 9.58. The molecule has 74 valence electrons. The first-order valence-corrected chi connectivity index (χ1v) is 8.28. The fourth-order valence-electron chi connectivity index (χ4n) is 0.871. The smallest absolute Gasteiger partial charge is 0.149 e. The maximum Gasteiger partial charge on any atom is 0.149 e. The van der Waals surface area contributed by atoms with Crippen LogP contribution in [-0.2, 0) is 0 Å². The van der Waals surface area contributed by atoms with Crippen LogP contribution in [-0.4, -0.2) is 13.2 Å². The van der Waals surface area contributed by atoms with Crippen LogP contribution >= 0.6 is 11.6 Å². The molecule has 0 aliphatic carbocycles. The minimum atomic E-state index is -1.40. The molecule has 0 saturated carbocycles. The molecule has 3 heteroatoms. The lowest BCUT2D eigenvalue weighted by Gasteiger charge is -2.04. The number of hydrogen-bond donors (Lipinski definition) is 1. The van der Waals surface area contributed by atoms with Gasteiger partial charge in [-0.15, -0.1) is 5.54 Å². The van der Waals surface area contributed by atoms with Gasteiger partial charge in [-0.1, -0.05) is 43.2 Å². The van der Waals surface area contributed by atoms with Crippen molar-refractivity contribution >= 4 is 19.7 Å². The number of rotatable bonds is 0. The molecule has 0 aromatic heterocycles. The van der Waals surface area contributed by atoms with E-state index in [1.807, 2.05) is 0 Å². The summed E-state index contributed by atoms with van der Waals surface area (Å²) in [6.07, 6.45) is 0. The fourth-order valence-corrected chi connectivity index (χ4v) is 1.56. The Labute approximate surface area is 90.7 Å². The van der Waals surface area contributed by atoms with Crippen LogP contribution in [0.4, 0.5) is 0 Å². The molecule has 0 aliphatic rings.